The van der Waals surface area contributed by atoms with E-state index >= 15 is 0 Å². The van der Waals surface area contributed by atoms with Crippen LogP contribution in [0.25, 0.3) is 16.8 Å². The van der Waals surface area contributed by atoms with E-state index in [-0.39, 0.29) is 11.1 Å². The highest BCUT2D eigenvalue weighted by Gasteiger charge is 2.12. The summed E-state index contributed by atoms with van der Waals surface area (Å²) < 4.78 is 6.70. The van der Waals surface area contributed by atoms with Gasteiger partial charge in [0.15, 0.2) is 0 Å². The fraction of sp³-hybridized carbons (Fsp3) is 0.0357. The van der Waals surface area contributed by atoms with Crippen molar-refractivity contribution in [3.8, 4) is 11.8 Å². The van der Waals surface area contributed by atoms with Gasteiger partial charge in [-0.1, -0.05) is 48.5 Å². The molecule has 0 spiro atoms. The minimum atomic E-state index is -1.06. The third-order valence-corrected chi connectivity index (χ3v) is 5.90. The highest BCUT2D eigenvalue weighted by atomic mass is 79.9. The van der Waals surface area contributed by atoms with Crippen LogP contribution in [-0.4, -0.2) is 17.0 Å². The molecule has 0 radical (unpaired) electrons. The second-order valence-corrected chi connectivity index (χ2v) is 8.48. The number of hydrogen-bond acceptors (Lipinski definition) is 4. The van der Waals surface area contributed by atoms with Crippen molar-refractivity contribution in [3.63, 3.8) is 0 Å². The quantitative estimate of drug-likeness (QED) is 0.213. The van der Waals surface area contributed by atoms with Crippen molar-refractivity contribution < 1.29 is 19.4 Å². The molecule has 0 aliphatic heterocycles. The summed E-state index contributed by atoms with van der Waals surface area (Å²) in [5.41, 5.74) is 2.11. The number of carboxylic acids is 1. The Kier molecular flexibility index (Phi) is 7.24. The molecule has 0 aliphatic carbocycles. The molecular formula is C28H19BrN2O4. The van der Waals surface area contributed by atoms with Gasteiger partial charge in [0.2, 0.25) is 0 Å². The van der Waals surface area contributed by atoms with Gasteiger partial charge in [0, 0.05) is 5.69 Å². The van der Waals surface area contributed by atoms with Crippen molar-refractivity contribution >= 4 is 50.3 Å². The number of anilines is 1. The average molecular weight is 527 g/mol. The highest BCUT2D eigenvalue weighted by molar-refractivity contribution is 9.10. The zero-order valence-corrected chi connectivity index (χ0v) is 20.0. The molecule has 6 nitrogen and oxygen atoms in total. The minimum absolute atomic E-state index is 0.0939. The van der Waals surface area contributed by atoms with Gasteiger partial charge in [-0.05, 0) is 80.3 Å². The van der Waals surface area contributed by atoms with Gasteiger partial charge in [-0.2, -0.15) is 5.26 Å². The molecule has 35 heavy (non-hydrogen) atoms. The van der Waals surface area contributed by atoms with E-state index in [1.807, 2.05) is 30.3 Å². The van der Waals surface area contributed by atoms with Gasteiger partial charge in [-0.15, -0.1) is 0 Å². The van der Waals surface area contributed by atoms with Gasteiger partial charge in [-0.25, -0.2) is 4.79 Å². The molecule has 0 heterocycles. The smallest absolute Gasteiger partial charge is 0.335 e. The van der Waals surface area contributed by atoms with Crippen molar-refractivity contribution in [2.75, 3.05) is 5.32 Å². The first-order chi connectivity index (χ1) is 16.9. The van der Waals surface area contributed by atoms with E-state index in [1.165, 1.54) is 30.3 Å². The van der Waals surface area contributed by atoms with E-state index < -0.39 is 11.9 Å². The van der Waals surface area contributed by atoms with Crippen LogP contribution in [0.1, 0.15) is 21.5 Å². The summed E-state index contributed by atoms with van der Waals surface area (Å²) in [6.07, 6.45) is 1.47. The summed E-state index contributed by atoms with van der Waals surface area (Å²) in [7, 11) is 0. The maximum Gasteiger partial charge on any atom is 0.335 e. The number of hydrogen-bond donors (Lipinski definition) is 2. The fourth-order valence-corrected chi connectivity index (χ4v) is 4.02. The van der Waals surface area contributed by atoms with Crippen LogP contribution < -0.4 is 10.1 Å². The number of rotatable bonds is 7. The maximum atomic E-state index is 12.5. The molecule has 0 bridgehead atoms. The van der Waals surface area contributed by atoms with Gasteiger partial charge in [0.25, 0.3) is 5.91 Å². The minimum Gasteiger partial charge on any atom is -0.488 e. The van der Waals surface area contributed by atoms with Crippen molar-refractivity contribution in [2.45, 2.75) is 6.61 Å². The van der Waals surface area contributed by atoms with Crippen molar-refractivity contribution in [1.82, 2.24) is 0 Å². The number of nitrogens with zero attached hydrogens (tertiary/aromatic N) is 1. The van der Waals surface area contributed by atoms with Crippen molar-refractivity contribution in [2.24, 2.45) is 0 Å². The lowest BCUT2D eigenvalue weighted by Crippen LogP contribution is -2.13. The summed E-state index contributed by atoms with van der Waals surface area (Å²) in [6.45, 7) is 0.391. The van der Waals surface area contributed by atoms with E-state index in [4.69, 9.17) is 9.84 Å². The van der Waals surface area contributed by atoms with Crippen LogP contribution in [0.4, 0.5) is 5.69 Å². The number of carboxylic acid groups (broad SMARTS) is 1. The molecule has 4 aromatic carbocycles. The summed E-state index contributed by atoms with van der Waals surface area (Å²) in [4.78, 5) is 23.5. The lowest BCUT2D eigenvalue weighted by Gasteiger charge is -2.11. The summed E-state index contributed by atoms with van der Waals surface area (Å²) in [6, 6.07) is 27.1. The summed E-state index contributed by atoms with van der Waals surface area (Å²) >= 11 is 3.51. The lowest BCUT2D eigenvalue weighted by atomic mass is 10.1. The predicted molar refractivity (Wildman–Crippen MR) is 138 cm³/mol. The van der Waals surface area contributed by atoms with Crippen molar-refractivity contribution in [1.29, 1.82) is 5.26 Å². The zero-order valence-electron chi connectivity index (χ0n) is 18.4. The van der Waals surface area contributed by atoms with Crippen LogP contribution in [-0.2, 0) is 11.4 Å². The third kappa shape index (κ3) is 5.75. The second kappa shape index (κ2) is 10.7. The molecule has 4 aromatic rings. The predicted octanol–water partition coefficient (Wildman–Crippen LogP) is 6.43. The number of ether oxygens (including phenoxy) is 1. The number of benzene rings is 4. The summed E-state index contributed by atoms with van der Waals surface area (Å²) in [5.74, 6) is -1.02. The first-order valence-corrected chi connectivity index (χ1v) is 11.4. The van der Waals surface area contributed by atoms with Crippen LogP contribution in [0.5, 0.6) is 5.75 Å². The molecule has 0 aromatic heterocycles. The van der Waals surface area contributed by atoms with Crippen LogP contribution >= 0.6 is 15.9 Å². The normalized spacial score (nSPS) is 11.0. The van der Waals surface area contributed by atoms with Crippen LogP contribution in [0.15, 0.2) is 95.0 Å². The van der Waals surface area contributed by atoms with Crippen LogP contribution in [0.2, 0.25) is 0 Å². The standard InChI is InChI=1S/C28H19BrN2O4/c29-25-15-18(14-22(16-30)27(32)31-23-11-9-20(10-12-23)28(33)34)8-13-26(25)35-17-21-6-3-5-19-4-1-2-7-24(19)21/h1-15H,17H2,(H,31,32)(H,33,34)/b22-14+. The van der Waals surface area contributed by atoms with Gasteiger partial charge in [0.1, 0.15) is 24.0 Å². The number of amides is 1. The molecule has 2 N–H and O–H groups in total. The second-order valence-electron chi connectivity index (χ2n) is 7.62. The van der Waals surface area contributed by atoms with Gasteiger partial charge >= 0.3 is 5.97 Å². The van der Waals surface area contributed by atoms with Crippen molar-refractivity contribution in [3.05, 3.63) is 112 Å². The molecular weight excluding hydrogens is 508 g/mol. The molecule has 7 heteroatoms. The first kappa shape index (κ1) is 23.7. The largest absolute Gasteiger partial charge is 0.488 e. The fourth-order valence-electron chi connectivity index (χ4n) is 3.51. The molecule has 0 aliphatic rings. The number of carbonyl (C=O) groups is 2. The Balaban J connectivity index is 1.46. The topological polar surface area (TPSA) is 99.4 Å². The number of carbonyl (C=O) groups excluding carboxylic acids is 1. The monoisotopic (exact) mass is 526 g/mol. The highest BCUT2D eigenvalue weighted by Crippen LogP contribution is 2.29. The van der Waals surface area contributed by atoms with Gasteiger partial charge < -0.3 is 15.2 Å². The number of halogens is 1. The number of aromatic carboxylic acids is 1. The molecule has 0 unspecified atom stereocenters. The van der Waals surface area contributed by atoms with E-state index in [9.17, 15) is 14.9 Å². The summed E-state index contributed by atoms with van der Waals surface area (Å²) in [5, 5.41) is 23.3. The van der Waals surface area contributed by atoms with E-state index in [0.29, 0.717) is 28.1 Å². The Morgan fingerprint density at radius 2 is 1.74 bits per heavy atom. The third-order valence-electron chi connectivity index (χ3n) is 5.28. The zero-order chi connectivity index (χ0) is 24.8. The Hall–Kier alpha value is -4.41. The lowest BCUT2D eigenvalue weighted by molar-refractivity contribution is -0.112. The van der Waals surface area contributed by atoms with Gasteiger partial charge in [-0.3, -0.25) is 4.79 Å². The van der Waals surface area contributed by atoms with Gasteiger partial charge in [0.05, 0.1) is 10.0 Å². The first-order valence-electron chi connectivity index (χ1n) is 10.6. The number of fused-ring (bicyclic) bond motifs is 1. The Labute approximate surface area is 210 Å². The van der Waals surface area contributed by atoms with Crippen LogP contribution in [0.3, 0.4) is 0 Å². The number of nitriles is 1. The Morgan fingerprint density at radius 1 is 1.00 bits per heavy atom. The SMILES string of the molecule is N#C/C(=C\c1ccc(OCc2cccc3ccccc23)c(Br)c1)C(=O)Nc1ccc(C(=O)O)cc1. The van der Waals surface area contributed by atoms with E-state index in [0.717, 1.165) is 16.3 Å². The number of nitrogens with one attached hydrogen (secondary N) is 1. The molecule has 0 saturated heterocycles. The maximum absolute atomic E-state index is 12.5. The molecule has 0 atom stereocenters. The molecule has 0 saturated carbocycles. The Bertz CT molecular complexity index is 1480. The van der Waals surface area contributed by atoms with E-state index in [1.54, 1.807) is 18.2 Å². The Morgan fingerprint density at radius 3 is 2.46 bits per heavy atom. The van der Waals surface area contributed by atoms with E-state index in [2.05, 4.69) is 39.4 Å². The molecule has 0 fully saturated rings. The molecule has 4 rings (SSSR count). The molecule has 172 valence electrons. The average Bonchev–Trinajstić information content (AvgIpc) is 2.87. The van der Waals surface area contributed by atoms with Crippen LogP contribution in [0, 0.1) is 11.3 Å². The molecule has 1 amide bonds.